The van der Waals surface area contributed by atoms with Crippen LogP contribution in [0.5, 0.6) is 0 Å². The van der Waals surface area contributed by atoms with Gasteiger partial charge in [-0.1, -0.05) is 19.1 Å². The molecule has 0 bridgehead atoms. The normalized spacial score (nSPS) is 17.1. The van der Waals surface area contributed by atoms with Gasteiger partial charge < -0.3 is 14.1 Å². The summed E-state index contributed by atoms with van der Waals surface area (Å²) in [4.78, 5) is 18.3. The first-order valence-corrected chi connectivity index (χ1v) is 11.9. The predicted molar refractivity (Wildman–Crippen MR) is 127 cm³/mol. The minimum absolute atomic E-state index is 0.0867. The molecule has 0 radical (unpaired) electrons. The smallest absolute Gasteiger partial charge is 0.252 e. The van der Waals surface area contributed by atoms with E-state index in [-0.39, 0.29) is 17.7 Å². The summed E-state index contributed by atoms with van der Waals surface area (Å²) in [5, 5.41) is 13.6. The van der Waals surface area contributed by atoms with Crippen LogP contribution in [0.4, 0.5) is 0 Å². The van der Waals surface area contributed by atoms with Crippen molar-refractivity contribution in [2.45, 2.75) is 64.9 Å². The highest BCUT2D eigenvalue weighted by atomic mass is 16.5. The molecule has 0 amide bonds. The molecule has 0 aliphatic carbocycles. The number of furan rings is 1. The number of nitrogens with one attached hydrogen (secondary N) is 1. The lowest BCUT2D eigenvalue weighted by atomic mass is 10.1. The molecule has 1 N–H and O–H groups in total. The number of benzene rings is 1. The van der Waals surface area contributed by atoms with Crippen molar-refractivity contribution < 1.29 is 9.15 Å². The van der Waals surface area contributed by atoms with Crippen LogP contribution in [0, 0.1) is 6.92 Å². The van der Waals surface area contributed by atoms with Gasteiger partial charge in [0.15, 0.2) is 5.82 Å². The molecule has 34 heavy (non-hydrogen) atoms. The molecule has 4 heterocycles. The molecule has 1 saturated heterocycles. The fraction of sp³-hybridized carbons (Fsp3) is 0.440. The number of aryl methyl sites for hydroxylation is 1. The van der Waals surface area contributed by atoms with Gasteiger partial charge in [0.1, 0.15) is 5.76 Å². The molecule has 2 unspecified atom stereocenters. The van der Waals surface area contributed by atoms with Crippen LogP contribution in [0.1, 0.15) is 54.9 Å². The van der Waals surface area contributed by atoms with Crippen molar-refractivity contribution in [1.82, 2.24) is 30.1 Å². The zero-order chi connectivity index (χ0) is 23.5. The average molecular weight is 463 g/mol. The maximum Gasteiger partial charge on any atom is 0.252 e. The van der Waals surface area contributed by atoms with E-state index < -0.39 is 0 Å². The van der Waals surface area contributed by atoms with E-state index in [2.05, 4.69) is 38.4 Å². The van der Waals surface area contributed by atoms with E-state index in [9.17, 15) is 4.79 Å². The van der Waals surface area contributed by atoms with Crippen LogP contribution < -0.4 is 5.56 Å². The molecule has 0 saturated carbocycles. The fourth-order valence-electron chi connectivity index (χ4n) is 4.74. The Balaban J connectivity index is 1.48. The van der Waals surface area contributed by atoms with Crippen molar-refractivity contribution in [2.24, 2.45) is 0 Å². The van der Waals surface area contributed by atoms with E-state index >= 15 is 0 Å². The van der Waals surface area contributed by atoms with Crippen LogP contribution in [0.3, 0.4) is 0 Å². The summed E-state index contributed by atoms with van der Waals surface area (Å²) in [7, 11) is 0. The molecule has 1 aliphatic rings. The quantitative estimate of drug-likeness (QED) is 0.404. The largest absolute Gasteiger partial charge is 0.468 e. The highest BCUT2D eigenvalue weighted by Crippen LogP contribution is 2.27. The molecule has 1 fully saturated rings. The monoisotopic (exact) mass is 462 g/mol. The highest BCUT2D eigenvalue weighted by molar-refractivity contribution is 5.79. The van der Waals surface area contributed by atoms with Gasteiger partial charge in [-0.25, -0.2) is 4.68 Å². The Morgan fingerprint density at radius 3 is 2.94 bits per heavy atom. The lowest BCUT2D eigenvalue weighted by Crippen LogP contribution is -2.33. The van der Waals surface area contributed by atoms with E-state index in [0.717, 1.165) is 53.9 Å². The maximum atomic E-state index is 13.0. The maximum absolute atomic E-state index is 13.0. The minimum atomic E-state index is -0.102. The Kier molecular flexibility index (Phi) is 6.55. The molecule has 5 rings (SSSR count). The Bertz CT molecular complexity index is 1290. The first-order chi connectivity index (χ1) is 16.6. The van der Waals surface area contributed by atoms with Crippen molar-refractivity contribution in [2.75, 3.05) is 6.61 Å². The number of nitrogens with zero attached hydrogens (tertiary/aromatic N) is 5. The second-order valence-corrected chi connectivity index (χ2v) is 8.98. The third-order valence-corrected chi connectivity index (χ3v) is 6.48. The van der Waals surface area contributed by atoms with E-state index in [1.54, 1.807) is 6.26 Å². The van der Waals surface area contributed by atoms with Crippen molar-refractivity contribution in [1.29, 1.82) is 0 Å². The van der Waals surface area contributed by atoms with Gasteiger partial charge in [0.2, 0.25) is 0 Å². The summed E-state index contributed by atoms with van der Waals surface area (Å²) in [5.74, 6) is 1.60. The van der Waals surface area contributed by atoms with Crippen LogP contribution in [-0.4, -0.2) is 42.8 Å². The summed E-state index contributed by atoms with van der Waals surface area (Å²) in [6.07, 6.45) is 4.65. The van der Waals surface area contributed by atoms with Gasteiger partial charge in [-0.15, -0.1) is 5.10 Å². The Labute approximate surface area is 197 Å². The zero-order valence-corrected chi connectivity index (χ0v) is 19.6. The van der Waals surface area contributed by atoms with Gasteiger partial charge in [0.25, 0.3) is 5.56 Å². The van der Waals surface area contributed by atoms with Crippen molar-refractivity contribution >= 4 is 10.9 Å². The molecule has 9 nitrogen and oxygen atoms in total. The van der Waals surface area contributed by atoms with Gasteiger partial charge in [-0.3, -0.25) is 9.69 Å². The second-order valence-electron chi connectivity index (χ2n) is 8.98. The molecule has 0 spiro atoms. The van der Waals surface area contributed by atoms with Crippen LogP contribution >= 0.6 is 0 Å². The molecule has 4 aromatic rings. The van der Waals surface area contributed by atoms with E-state index in [1.807, 2.05) is 41.9 Å². The number of tetrazole rings is 1. The summed E-state index contributed by atoms with van der Waals surface area (Å²) in [6.45, 7) is 6.51. The standard InChI is InChI=1S/C25H30N6O3/c1-3-23(24-27-28-29-31(24)16-21-7-5-11-34-21)30(15-20-6-4-10-33-20)14-19-13-18-9-8-17(2)12-22(18)26-25(19)32/h4,6,8-10,12-13,21,23H,3,5,7,11,14-16H2,1-2H3,(H,26,32). The molecule has 9 heteroatoms. The number of pyridine rings is 1. The predicted octanol–water partition coefficient (Wildman–Crippen LogP) is 3.75. The molecule has 3 aromatic heterocycles. The van der Waals surface area contributed by atoms with Gasteiger partial charge in [0.05, 0.1) is 31.5 Å². The molecule has 2 atom stereocenters. The third kappa shape index (κ3) is 4.80. The fourth-order valence-corrected chi connectivity index (χ4v) is 4.74. The highest BCUT2D eigenvalue weighted by Gasteiger charge is 2.28. The summed E-state index contributed by atoms with van der Waals surface area (Å²) >= 11 is 0. The topological polar surface area (TPSA) is 102 Å². The number of aromatic amines is 1. The van der Waals surface area contributed by atoms with Crippen LogP contribution in [0.15, 0.2) is 51.9 Å². The molecular formula is C25H30N6O3. The molecular weight excluding hydrogens is 432 g/mol. The van der Waals surface area contributed by atoms with E-state index in [0.29, 0.717) is 25.2 Å². The van der Waals surface area contributed by atoms with E-state index in [4.69, 9.17) is 9.15 Å². The SMILES string of the molecule is CCC(c1nnnn1CC1CCCO1)N(Cc1ccco1)Cc1cc2ccc(C)cc2[nH]c1=O. The minimum Gasteiger partial charge on any atom is -0.468 e. The summed E-state index contributed by atoms with van der Waals surface area (Å²) in [5.41, 5.74) is 2.56. The number of H-pyrrole nitrogens is 1. The number of aromatic nitrogens is 5. The number of ether oxygens (including phenoxy) is 1. The second kappa shape index (κ2) is 9.90. The Morgan fingerprint density at radius 2 is 2.18 bits per heavy atom. The third-order valence-electron chi connectivity index (χ3n) is 6.48. The molecule has 1 aromatic carbocycles. The molecule has 1 aliphatic heterocycles. The number of fused-ring (bicyclic) bond motifs is 1. The zero-order valence-electron chi connectivity index (χ0n) is 19.6. The lowest BCUT2D eigenvalue weighted by Gasteiger charge is -2.29. The van der Waals surface area contributed by atoms with Crippen LogP contribution in [-0.2, 0) is 24.4 Å². The number of hydrogen-bond acceptors (Lipinski definition) is 7. The first-order valence-electron chi connectivity index (χ1n) is 11.9. The van der Waals surface area contributed by atoms with Crippen LogP contribution in [0.25, 0.3) is 10.9 Å². The number of hydrogen-bond donors (Lipinski definition) is 1. The first kappa shape index (κ1) is 22.5. The Hall–Kier alpha value is -3.30. The van der Waals surface area contributed by atoms with Crippen molar-refractivity contribution in [3.63, 3.8) is 0 Å². The van der Waals surface area contributed by atoms with Gasteiger partial charge >= 0.3 is 0 Å². The van der Waals surface area contributed by atoms with Crippen LogP contribution in [0.2, 0.25) is 0 Å². The summed E-state index contributed by atoms with van der Waals surface area (Å²) < 4.78 is 13.3. The summed E-state index contributed by atoms with van der Waals surface area (Å²) in [6, 6.07) is 11.8. The Morgan fingerprint density at radius 1 is 1.26 bits per heavy atom. The average Bonchev–Trinajstić information content (AvgIpc) is 3.60. The number of rotatable bonds is 9. The van der Waals surface area contributed by atoms with Gasteiger partial charge in [-0.05, 0) is 71.8 Å². The van der Waals surface area contributed by atoms with Crippen molar-refractivity contribution in [3.8, 4) is 0 Å². The van der Waals surface area contributed by atoms with Crippen molar-refractivity contribution in [3.05, 3.63) is 75.7 Å². The van der Waals surface area contributed by atoms with E-state index in [1.165, 1.54) is 0 Å². The van der Waals surface area contributed by atoms with Gasteiger partial charge in [0, 0.05) is 24.2 Å². The molecule has 178 valence electrons. The lowest BCUT2D eigenvalue weighted by molar-refractivity contribution is 0.0882. The van der Waals surface area contributed by atoms with Gasteiger partial charge in [-0.2, -0.15) is 0 Å².